The lowest BCUT2D eigenvalue weighted by Crippen LogP contribution is -2.45. The van der Waals surface area contributed by atoms with Gasteiger partial charge in [-0.2, -0.15) is 0 Å². The van der Waals surface area contributed by atoms with Gasteiger partial charge in [-0.25, -0.2) is 4.98 Å². The van der Waals surface area contributed by atoms with Crippen LogP contribution >= 0.6 is 0 Å². The third kappa shape index (κ3) is 2.18. The molecule has 19 heavy (non-hydrogen) atoms. The average molecular weight is 260 g/mol. The van der Waals surface area contributed by atoms with Crippen molar-refractivity contribution < 1.29 is 4.79 Å². The van der Waals surface area contributed by atoms with Crippen molar-refractivity contribution in [2.45, 2.75) is 38.4 Å². The molecule has 3 heterocycles. The zero-order valence-corrected chi connectivity index (χ0v) is 11.2. The molecule has 1 fully saturated rings. The lowest BCUT2D eigenvalue weighted by molar-refractivity contribution is -0.132. The van der Waals surface area contributed by atoms with Gasteiger partial charge in [0.2, 0.25) is 5.91 Å². The number of hydrogen-bond donors (Lipinski definition) is 1. The molecule has 1 amide bonds. The van der Waals surface area contributed by atoms with Gasteiger partial charge in [-0.15, -0.1) is 0 Å². The van der Waals surface area contributed by atoms with Crippen LogP contribution < -0.4 is 10.6 Å². The van der Waals surface area contributed by atoms with Gasteiger partial charge in [0.15, 0.2) is 0 Å². The normalized spacial score (nSPS) is 23.6. The predicted octanol–water partition coefficient (Wildman–Crippen LogP) is 0.740. The summed E-state index contributed by atoms with van der Waals surface area (Å²) in [5.74, 6) is 1.08. The Morgan fingerprint density at radius 2 is 2.42 bits per heavy atom. The Morgan fingerprint density at radius 1 is 1.58 bits per heavy atom. The lowest BCUT2D eigenvalue weighted by atomic mass is 10.2. The Balaban J connectivity index is 1.96. The highest BCUT2D eigenvalue weighted by Crippen LogP contribution is 2.31. The molecule has 1 unspecified atom stereocenters. The van der Waals surface area contributed by atoms with Gasteiger partial charge in [-0.05, 0) is 25.8 Å². The van der Waals surface area contributed by atoms with Crippen LogP contribution in [0.15, 0.2) is 18.3 Å². The maximum Gasteiger partial charge on any atom is 0.239 e. The Bertz CT molecular complexity index is 488. The second kappa shape index (κ2) is 4.81. The van der Waals surface area contributed by atoms with E-state index in [1.165, 1.54) is 6.42 Å². The standard InChI is InChI=1S/C14H20N4O/c1-10(15)14(19)17-8-11-4-2-6-16-13(11)18-7-3-5-12(18)9-17/h2,4,6,10,12H,3,5,7-9,15H2,1H3/t10?,12-/m0/s1. The van der Waals surface area contributed by atoms with Crippen LogP contribution in [-0.4, -0.2) is 41.0 Å². The quantitative estimate of drug-likeness (QED) is 0.809. The minimum atomic E-state index is -0.437. The Labute approximate surface area is 113 Å². The first-order chi connectivity index (χ1) is 9.16. The number of nitrogens with zero attached hydrogens (tertiary/aromatic N) is 3. The van der Waals surface area contributed by atoms with E-state index in [0.29, 0.717) is 12.6 Å². The number of fused-ring (bicyclic) bond motifs is 3. The van der Waals surface area contributed by atoms with Crippen molar-refractivity contribution in [3.8, 4) is 0 Å². The number of pyridine rings is 1. The minimum Gasteiger partial charge on any atom is -0.352 e. The summed E-state index contributed by atoms with van der Waals surface area (Å²) in [4.78, 5) is 21.0. The molecule has 5 heteroatoms. The summed E-state index contributed by atoms with van der Waals surface area (Å²) in [6, 6.07) is 3.95. The summed E-state index contributed by atoms with van der Waals surface area (Å²) >= 11 is 0. The van der Waals surface area contributed by atoms with E-state index in [9.17, 15) is 4.79 Å². The fraction of sp³-hybridized carbons (Fsp3) is 0.571. The number of rotatable bonds is 1. The average Bonchev–Trinajstić information content (AvgIpc) is 2.80. The van der Waals surface area contributed by atoms with E-state index in [1.807, 2.05) is 17.2 Å². The van der Waals surface area contributed by atoms with Crippen LogP contribution in [0.3, 0.4) is 0 Å². The van der Waals surface area contributed by atoms with Crippen molar-refractivity contribution in [1.29, 1.82) is 0 Å². The fourth-order valence-electron chi connectivity index (χ4n) is 3.10. The largest absolute Gasteiger partial charge is 0.352 e. The maximum atomic E-state index is 12.2. The van der Waals surface area contributed by atoms with E-state index in [-0.39, 0.29) is 5.91 Å². The van der Waals surface area contributed by atoms with E-state index in [1.54, 1.807) is 6.92 Å². The molecule has 5 nitrogen and oxygen atoms in total. The van der Waals surface area contributed by atoms with E-state index < -0.39 is 6.04 Å². The van der Waals surface area contributed by atoms with E-state index in [2.05, 4.69) is 16.0 Å². The number of carbonyl (C=O) groups excluding carboxylic acids is 1. The smallest absolute Gasteiger partial charge is 0.239 e. The molecule has 1 saturated heterocycles. The number of amides is 1. The molecule has 1 aromatic rings. The number of nitrogens with two attached hydrogens (primary N) is 1. The van der Waals surface area contributed by atoms with Crippen molar-refractivity contribution in [2.24, 2.45) is 5.73 Å². The van der Waals surface area contributed by atoms with Crippen LogP contribution in [0.1, 0.15) is 25.3 Å². The predicted molar refractivity (Wildman–Crippen MR) is 73.7 cm³/mol. The summed E-state index contributed by atoms with van der Waals surface area (Å²) in [5, 5.41) is 0. The van der Waals surface area contributed by atoms with E-state index >= 15 is 0 Å². The Kier molecular flexibility index (Phi) is 3.14. The summed E-state index contributed by atoms with van der Waals surface area (Å²) < 4.78 is 0. The highest BCUT2D eigenvalue weighted by atomic mass is 16.2. The number of aromatic nitrogens is 1. The van der Waals surface area contributed by atoms with E-state index in [4.69, 9.17) is 5.73 Å². The zero-order valence-electron chi connectivity index (χ0n) is 11.2. The topological polar surface area (TPSA) is 62.5 Å². The second-order valence-corrected chi connectivity index (χ2v) is 5.48. The van der Waals surface area contributed by atoms with Gasteiger partial charge < -0.3 is 15.5 Å². The monoisotopic (exact) mass is 260 g/mol. The number of anilines is 1. The summed E-state index contributed by atoms with van der Waals surface area (Å²) in [5.41, 5.74) is 6.88. The Morgan fingerprint density at radius 3 is 3.21 bits per heavy atom. The zero-order chi connectivity index (χ0) is 13.4. The molecular weight excluding hydrogens is 240 g/mol. The molecule has 0 radical (unpaired) electrons. The fourth-order valence-corrected chi connectivity index (χ4v) is 3.10. The first kappa shape index (κ1) is 12.4. The highest BCUT2D eigenvalue weighted by Gasteiger charge is 2.34. The summed E-state index contributed by atoms with van der Waals surface area (Å²) in [7, 11) is 0. The summed E-state index contributed by atoms with van der Waals surface area (Å²) in [6.45, 7) is 4.17. The van der Waals surface area contributed by atoms with Crippen LogP contribution in [0.25, 0.3) is 0 Å². The van der Waals surface area contributed by atoms with Crippen molar-refractivity contribution in [1.82, 2.24) is 9.88 Å². The third-order valence-corrected chi connectivity index (χ3v) is 4.01. The molecule has 0 aliphatic carbocycles. The van der Waals surface area contributed by atoms with Gasteiger partial charge >= 0.3 is 0 Å². The molecule has 0 bridgehead atoms. The molecule has 2 aliphatic rings. The second-order valence-electron chi connectivity index (χ2n) is 5.48. The summed E-state index contributed by atoms with van der Waals surface area (Å²) in [6.07, 6.45) is 4.12. The lowest BCUT2D eigenvalue weighted by Gasteiger charge is -2.27. The SMILES string of the molecule is CC(N)C(=O)N1Cc2cccnc2N2CCC[C@H]2C1. The van der Waals surface area contributed by atoms with Crippen molar-refractivity contribution in [3.05, 3.63) is 23.9 Å². The van der Waals surface area contributed by atoms with Gasteiger partial charge in [0.1, 0.15) is 5.82 Å². The number of carbonyl (C=O) groups is 1. The van der Waals surface area contributed by atoms with Crippen LogP contribution in [0.2, 0.25) is 0 Å². The van der Waals surface area contributed by atoms with Crippen LogP contribution in [0, 0.1) is 0 Å². The van der Waals surface area contributed by atoms with Gasteiger partial charge in [-0.3, -0.25) is 4.79 Å². The molecule has 2 atom stereocenters. The van der Waals surface area contributed by atoms with Gasteiger partial charge in [0, 0.05) is 37.4 Å². The van der Waals surface area contributed by atoms with Crippen LogP contribution in [0.5, 0.6) is 0 Å². The van der Waals surface area contributed by atoms with Gasteiger partial charge in [-0.1, -0.05) is 6.07 Å². The first-order valence-electron chi connectivity index (χ1n) is 6.91. The molecule has 1 aromatic heterocycles. The molecule has 0 spiro atoms. The molecular formula is C14H20N4O. The Hall–Kier alpha value is -1.62. The maximum absolute atomic E-state index is 12.2. The molecule has 0 aromatic carbocycles. The van der Waals surface area contributed by atoms with Crippen molar-refractivity contribution >= 4 is 11.7 Å². The van der Waals surface area contributed by atoms with Crippen molar-refractivity contribution in [2.75, 3.05) is 18.0 Å². The molecule has 102 valence electrons. The first-order valence-corrected chi connectivity index (χ1v) is 6.91. The van der Waals surface area contributed by atoms with Gasteiger partial charge in [0.25, 0.3) is 0 Å². The third-order valence-electron chi connectivity index (χ3n) is 4.01. The molecule has 0 saturated carbocycles. The molecule has 2 aliphatic heterocycles. The highest BCUT2D eigenvalue weighted by molar-refractivity contribution is 5.81. The van der Waals surface area contributed by atoms with Crippen LogP contribution in [-0.2, 0) is 11.3 Å². The molecule has 3 rings (SSSR count). The van der Waals surface area contributed by atoms with Crippen LogP contribution in [0.4, 0.5) is 5.82 Å². The van der Waals surface area contributed by atoms with Crippen molar-refractivity contribution in [3.63, 3.8) is 0 Å². The van der Waals surface area contributed by atoms with E-state index in [0.717, 1.165) is 30.9 Å². The minimum absolute atomic E-state index is 0.0311. The number of hydrogen-bond acceptors (Lipinski definition) is 4. The van der Waals surface area contributed by atoms with Gasteiger partial charge in [0.05, 0.1) is 6.04 Å². The molecule has 2 N–H and O–H groups in total.